The highest BCUT2D eigenvalue weighted by atomic mass is 127. The van der Waals surface area contributed by atoms with Crippen LogP contribution in [0.15, 0.2) is 30.7 Å². The molecule has 0 unspecified atom stereocenters. The van der Waals surface area contributed by atoms with Gasteiger partial charge in [-0.1, -0.05) is 6.07 Å². The predicted octanol–water partition coefficient (Wildman–Crippen LogP) is 2.64. The molecule has 0 saturated carbocycles. The number of esters is 1. The molecule has 0 fully saturated rings. The first kappa shape index (κ1) is 12.9. The number of imidazole rings is 1. The van der Waals surface area contributed by atoms with Gasteiger partial charge in [0.1, 0.15) is 12.1 Å². The van der Waals surface area contributed by atoms with E-state index in [4.69, 9.17) is 0 Å². The van der Waals surface area contributed by atoms with E-state index in [2.05, 4.69) is 14.2 Å². The van der Waals surface area contributed by atoms with Gasteiger partial charge in [-0.05, 0) is 37.7 Å². The Bertz CT molecular complexity index is 610. The van der Waals surface area contributed by atoms with Gasteiger partial charge in [0.2, 0.25) is 0 Å². The Balaban J connectivity index is 2.61. The minimum atomic E-state index is -0.580. The molecule has 94 valence electrons. The molecule has 0 aliphatic rings. The zero-order chi connectivity index (χ0) is 13.1. The van der Waals surface area contributed by atoms with E-state index in [0.717, 1.165) is 0 Å². The molecular weight excluding hydrogens is 350 g/mol. The Morgan fingerprint density at radius 1 is 1.56 bits per heavy atom. The van der Waals surface area contributed by atoms with Gasteiger partial charge in [0, 0.05) is 6.20 Å². The maximum Gasteiger partial charge on any atom is 0.338 e. The summed E-state index contributed by atoms with van der Waals surface area (Å²) in [6.07, 6.45) is 3.27. The molecule has 6 heteroatoms. The number of hydrogen-bond acceptors (Lipinski definition) is 3. The Morgan fingerprint density at radius 3 is 2.94 bits per heavy atom. The summed E-state index contributed by atoms with van der Waals surface area (Å²) >= 11 is -0.436. The van der Waals surface area contributed by atoms with E-state index in [1.165, 1.54) is 25.3 Å². The van der Waals surface area contributed by atoms with Gasteiger partial charge in [0.25, 0.3) is 0 Å². The van der Waals surface area contributed by atoms with Crippen molar-refractivity contribution in [2.75, 3.05) is 7.11 Å². The van der Waals surface area contributed by atoms with Crippen LogP contribution in [0.1, 0.15) is 10.4 Å². The molecule has 0 aliphatic carbocycles. The van der Waals surface area contributed by atoms with E-state index in [9.17, 15) is 9.18 Å². The Kier molecular flexibility index (Phi) is 3.85. The van der Waals surface area contributed by atoms with Crippen molar-refractivity contribution in [3.63, 3.8) is 0 Å². The lowest BCUT2D eigenvalue weighted by Gasteiger charge is -2.06. The van der Waals surface area contributed by atoms with Crippen LogP contribution >= 0.6 is 21.0 Å². The molecule has 18 heavy (non-hydrogen) atoms. The molecule has 1 heterocycles. The van der Waals surface area contributed by atoms with Gasteiger partial charge >= 0.3 is 5.97 Å². The molecule has 0 bridgehead atoms. The molecule has 0 radical (unpaired) electrons. The van der Waals surface area contributed by atoms with Crippen molar-refractivity contribution in [3.05, 3.63) is 42.1 Å². The van der Waals surface area contributed by atoms with Crippen LogP contribution in [0.2, 0.25) is 0 Å². The second kappa shape index (κ2) is 5.38. The smallest absolute Gasteiger partial charge is 0.338 e. The zero-order valence-electron chi connectivity index (χ0n) is 9.56. The zero-order valence-corrected chi connectivity index (χ0v) is 11.7. The monoisotopic (exact) mass is 360 g/mol. The summed E-state index contributed by atoms with van der Waals surface area (Å²) in [5.74, 6) is -1.08. The number of methoxy groups -OCH3 is 1. The third kappa shape index (κ3) is 2.33. The second-order valence-corrected chi connectivity index (χ2v) is 5.17. The van der Waals surface area contributed by atoms with Crippen LogP contribution in [0.3, 0.4) is 0 Å². The lowest BCUT2D eigenvalue weighted by molar-refractivity contribution is 0.0601. The predicted molar refractivity (Wildman–Crippen MR) is 75.5 cm³/mol. The molecule has 0 aliphatic heterocycles. The van der Waals surface area contributed by atoms with E-state index >= 15 is 0 Å². The van der Waals surface area contributed by atoms with Gasteiger partial charge in [-0.25, -0.2) is 14.2 Å². The summed E-state index contributed by atoms with van der Waals surface area (Å²) in [5.41, 5.74) is 0.752. The molecule has 1 aromatic heterocycles. The minimum Gasteiger partial charge on any atom is -0.465 e. The quantitative estimate of drug-likeness (QED) is 0.625. The second-order valence-electron chi connectivity index (χ2n) is 3.38. The lowest BCUT2D eigenvalue weighted by Crippen LogP contribution is -2.05. The van der Waals surface area contributed by atoms with Gasteiger partial charge in [-0.15, -0.1) is 0 Å². The summed E-state index contributed by atoms with van der Waals surface area (Å²) < 4.78 is 24.1. The SMILES string of the molecule is C=In1cnc(-c2c(F)cccc2C(=O)OC)c1. The van der Waals surface area contributed by atoms with Gasteiger partial charge in [-0.2, -0.15) is 0 Å². The van der Waals surface area contributed by atoms with Crippen LogP contribution in [0, 0.1) is 5.82 Å². The van der Waals surface area contributed by atoms with Gasteiger partial charge in [-0.3, -0.25) is 2.78 Å². The standard InChI is InChI=1S/C12H10FIN2O2/c1-14-16-6-10(15-7-16)11-8(12(17)18-2)4-3-5-9(11)13/h3-7H,1H2,2H3. The summed E-state index contributed by atoms with van der Waals surface area (Å²) in [5, 5.41) is 0. The number of carbonyl (C=O) groups is 1. The number of hydrogen-bond donors (Lipinski definition) is 0. The average molecular weight is 360 g/mol. The number of nitrogens with zero attached hydrogens (tertiary/aromatic N) is 2. The Hall–Kier alpha value is -1.57. The number of benzene rings is 1. The Morgan fingerprint density at radius 2 is 2.33 bits per heavy atom. The normalized spacial score (nSPS) is 10.3. The lowest BCUT2D eigenvalue weighted by atomic mass is 10.0. The molecule has 2 rings (SSSR count). The maximum atomic E-state index is 13.9. The average Bonchev–Trinajstić information content (AvgIpc) is 2.86. The molecule has 0 atom stereocenters. The van der Waals surface area contributed by atoms with Crippen LogP contribution in [0.25, 0.3) is 11.3 Å². The number of halogens is 2. The summed E-state index contributed by atoms with van der Waals surface area (Å²) in [6.45, 7) is 0. The topological polar surface area (TPSA) is 44.1 Å². The van der Waals surface area contributed by atoms with Crippen molar-refractivity contribution in [3.8, 4) is 11.3 Å². The third-order valence-electron chi connectivity index (χ3n) is 2.37. The molecule has 0 amide bonds. The van der Waals surface area contributed by atoms with Crippen molar-refractivity contribution >= 4 is 31.5 Å². The molecule has 0 spiro atoms. The van der Waals surface area contributed by atoms with Crippen LogP contribution in [-0.4, -0.2) is 25.4 Å². The first-order valence-electron chi connectivity index (χ1n) is 4.97. The van der Waals surface area contributed by atoms with Gasteiger partial charge in [0.05, 0.1) is 23.9 Å². The van der Waals surface area contributed by atoms with Crippen molar-refractivity contribution < 1.29 is 13.9 Å². The van der Waals surface area contributed by atoms with Crippen LogP contribution < -0.4 is 0 Å². The van der Waals surface area contributed by atoms with E-state index in [1.807, 2.05) is 2.78 Å². The van der Waals surface area contributed by atoms with Gasteiger partial charge < -0.3 is 4.74 Å². The largest absolute Gasteiger partial charge is 0.465 e. The fourth-order valence-corrected chi connectivity index (χ4v) is 2.32. The molecule has 0 N–H and O–H groups in total. The van der Waals surface area contributed by atoms with E-state index < -0.39 is 32.8 Å². The van der Waals surface area contributed by atoms with Crippen LogP contribution in [0.5, 0.6) is 0 Å². The maximum absolute atomic E-state index is 13.9. The summed E-state index contributed by atoms with van der Waals surface area (Å²) in [4.78, 5) is 15.7. The number of rotatable bonds is 3. The van der Waals surface area contributed by atoms with Crippen molar-refractivity contribution in [2.24, 2.45) is 0 Å². The first-order chi connectivity index (χ1) is 8.67. The summed E-state index contributed by atoms with van der Waals surface area (Å²) in [7, 11) is 1.26. The van der Waals surface area contributed by atoms with E-state index in [0.29, 0.717) is 5.69 Å². The molecule has 0 saturated heterocycles. The molecule has 2 aromatic rings. The number of carbonyl (C=O) groups excluding carboxylic acids is 1. The molecular formula is C12H10FIN2O2. The van der Waals surface area contributed by atoms with Crippen molar-refractivity contribution in [1.29, 1.82) is 0 Å². The van der Waals surface area contributed by atoms with Crippen LogP contribution in [0.4, 0.5) is 4.39 Å². The fourth-order valence-electron chi connectivity index (χ4n) is 1.56. The van der Waals surface area contributed by atoms with Gasteiger partial charge in [0.15, 0.2) is 0 Å². The summed E-state index contributed by atoms with van der Waals surface area (Å²) in [6, 6.07) is 4.28. The highest BCUT2D eigenvalue weighted by Crippen LogP contribution is 2.26. The van der Waals surface area contributed by atoms with Crippen LogP contribution in [-0.2, 0) is 4.74 Å². The van der Waals surface area contributed by atoms with E-state index in [1.54, 1.807) is 12.5 Å². The number of aromatic nitrogens is 2. The van der Waals surface area contributed by atoms with E-state index in [-0.39, 0.29) is 11.1 Å². The highest BCUT2D eigenvalue weighted by Gasteiger charge is 2.18. The molecule has 1 aromatic carbocycles. The first-order valence-corrected chi connectivity index (χ1v) is 7.46. The minimum absolute atomic E-state index is 0.167. The number of ether oxygens (including phenoxy) is 1. The van der Waals surface area contributed by atoms with Crippen molar-refractivity contribution in [2.45, 2.75) is 0 Å². The Labute approximate surface area is 114 Å². The highest BCUT2D eigenvalue weighted by molar-refractivity contribution is 14.2. The van der Waals surface area contributed by atoms with Crippen molar-refractivity contribution in [1.82, 2.24) is 7.76 Å². The molecule has 4 nitrogen and oxygen atoms in total. The fraction of sp³-hybridized carbons (Fsp3) is 0.0833. The third-order valence-corrected chi connectivity index (χ3v) is 3.68.